The van der Waals surface area contributed by atoms with Gasteiger partial charge in [0.25, 0.3) is 5.22 Å². The lowest BCUT2D eigenvalue weighted by Gasteiger charge is -2.11. The Kier molecular flexibility index (Phi) is 6.29. The Balaban J connectivity index is 1.99. The number of carboxylic acid groups (broad SMARTS) is 1. The molecule has 0 bridgehead atoms. The summed E-state index contributed by atoms with van der Waals surface area (Å²) in [6.07, 6.45) is 2.26. The molecule has 0 aliphatic carbocycles. The van der Waals surface area contributed by atoms with E-state index in [-0.39, 0.29) is 10.1 Å². The number of carboxylic acids is 1. The summed E-state index contributed by atoms with van der Waals surface area (Å²) in [5.74, 6) is -0.546. The van der Waals surface area contributed by atoms with Gasteiger partial charge in [-0.25, -0.2) is 4.79 Å². The molecule has 0 aliphatic heterocycles. The fourth-order valence-electron chi connectivity index (χ4n) is 2.84. The number of thioether (sulfide) groups is 1. The number of aryl methyl sites for hydroxylation is 3. The molecule has 2 aromatic heterocycles. The Labute approximate surface area is 181 Å². The van der Waals surface area contributed by atoms with Gasteiger partial charge >= 0.3 is 5.97 Å². The van der Waals surface area contributed by atoms with Gasteiger partial charge in [-0.05, 0) is 90.5 Å². The number of halogens is 1. The molecule has 28 heavy (non-hydrogen) atoms. The van der Waals surface area contributed by atoms with Crippen molar-refractivity contribution in [1.82, 2.24) is 14.8 Å². The zero-order chi connectivity index (χ0) is 20.4. The van der Waals surface area contributed by atoms with E-state index in [0.717, 1.165) is 34.4 Å². The predicted molar refractivity (Wildman–Crippen MR) is 118 cm³/mol. The molecule has 0 aliphatic rings. The maximum atomic E-state index is 11.8. The Morgan fingerprint density at radius 3 is 2.64 bits per heavy atom. The molecule has 8 heteroatoms. The molecular formula is C20H20IN3O3S. The van der Waals surface area contributed by atoms with Crippen LogP contribution in [0, 0.1) is 24.3 Å². The van der Waals surface area contributed by atoms with Crippen LogP contribution in [0.15, 0.2) is 38.8 Å². The third-order valence-electron chi connectivity index (χ3n) is 4.33. The van der Waals surface area contributed by atoms with Gasteiger partial charge in [-0.1, -0.05) is 13.0 Å². The largest absolute Gasteiger partial charge is 0.477 e. The van der Waals surface area contributed by atoms with Gasteiger partial charge in [-0.15, -0.1) is 10.2 Å². The highest BCUT2D eigenvalue weighted by atomic mass is 127. The second-order valence-electron chi connectivity index (χ2n) is 6.33. The fraction of sp³-hybridized carbons (Fsp3) is 0.250. The van der Waals surface area contributed by atoms with E-state index in [1.807, 2.05) is 26.8 Å². The van der Waals surface area contributed by atoms with E-state index in [1.54, 1.807) is 6.08 Å². The van der Waals surface area contributed by atoms with Crippen LogP contribution in [0.3, 0.4) is 0 Å². The molecule has 1 N–H and O–H groups in total. The van der Waals surface area contributed by atoms with Crippen molar-refractivity contribution in [3.8, 4) is 5.69 Å². The van der Waals surface area contributed by atoms with E-state index in [0.29, 0.717) is 12.3 Å². The van der Waals surface area contributed by atoms with Crippen molar-refractivity contribution < 1.29 is 14.3 Å². The number of nitrogens with zero attached hydrogens (tertiary/aromatic N) is 3. The van der Waals surface area contributed by atoms with Gasteiger partial charge in [0.05, 0.1) is 0 Å². The van der Waals surface area contributed by atoms with E-state index in [4.69, 9.17) is 4.42 Å². The van der Waals surface area contributed by atoms with Gasteiger partial charge in [-0.2, -0.15) is 0 Å². The maximum Gasteiger partial charge on any atom is 0.342 e. The molecule has 0 radical (unpaired) electrons. The average molecular weight is 509 g/mol. The van der Waals surface area contributed by atoms with Crippen LogP contribution < -0.4 is 0 Å². The van der Waals surface area contributed by atoms with Crippen molar-refractivity contribution in [1.29, 1.82) is 0 Å². The SMILES string of the molecule is CCc1nnc(S/C(=C\c2cc(C)n(-c3ccc(C)c(I)c3)c2C)C(=O)O)o1. The first kappa shape index (κ1) is 20.7. The summed E-state index contributed by atoms with van der Waals surface area (Å²) in [6.45, 7) is 7.97. The number of hydrogen-bond donors (Lipinski definition) is 1. The second-order valence-corrected chi connectivity index (χ2v) is 8.48. The van der Waals surface area contributed by atoms with Crippen molar-refractivity contribution >= 4 is 46.4 Å². The Morgan fingerprint density at radius 2 is 2.04 bits per heavy atom. The topological polar surface area (TPSA) is 81.2 Å². The number of rotatable bonds is 6. The summed E-state index contributed by atoms with van der Waals surface area (Å²) in [7, 11) is 0. The summed E-state index contributed by atoms with van der Waals surface area (Å²) in [5, 5.41) is 17.6. The third kappa shape index (κ3) is 4.33. The lowest BCUT2D eigenvalue weighted by atomic mass is 10.2. The summed E-state index contributed by atoms with van der Waals surface area (Å²) < 4.78 is 8.74. The van der Waals surface area contributed by atoms with Gasteiger partial charge in [0.15, 0.2) is 0 Å². The van der Waals surface area contributed by atoms with Gasteiger partial charge in [0.2, 0.25) is 5.89 Å². The highest BCUT2D eigenvalue weighted by Crippen LogP contribution is 2.30. The zero-order valence-electron chi connectivity index (χ0n) is 16.0. The molecular weight excluding hydrogens is 489 g/mol. The Hall–Kier alpha value is -2.07. The van der Waals surface area contributed by atoms with E-state index >= 15 is 0 Å². The highest BCUT2D eigenvalue weighted by molar-refractivity contribution is 14.1. The Morgan fingerprint density at radius 1 is 1.29 bits per heavy atom. The predicted octanol–water partition coefficient (Wildman–Crippen LogP) is 5.17. The molecule has 0 atom stereocenters. The van der Waals surface area contributed by atoms with E-state index in [2.05, 4.69) is 62.5 Å². The lowest BCUT2D eigenvalue weighted by Crippen LogP contribution is -2.00. The molecule has 2 heterocycles. The summed E-state index contributed by atoms with van der Waals surface area (Å²) >= 11 is 3.29. The van der Waals surface area contributed by atoms with Crippen molar-refractivity contribution in [3.05, 3.63) is 61.1 Å². The van der Waals surface area contributed by atoms with E-state index < -0.39 is 5.97 Å². The van der Waals surface area contributed by atoms with Crippen LogP contribution in [0.2, 0.25) is 0 Å². The van der Waals surface area contributed by atoms with Crippen LogP contribution >= 0.6 is 34.4 Å². The molecule has 0 amide bonds. The van der Waals surface area contributed by atoms with Crippen LogP contribution in [-0.4, -0.2) is 25.8 Å². The quantitative estimate of drug-likeness (QED) is 0.281. The van der Waals surface area contributed by atoms with Crippen molar-refractivity contribution in [3.63, 3.8) is 0 Å². The lowest BCUT2D eigenvalue weighted by molar-refractivity contribution is -0.131. The number of aliphatic carboxylic acids is 1. The fourth-order valence-corrected chi connectivity index (χ4v) is 4.02. The van der Waals surface area contributed by atoms with Crippen LogP contribution in [0.25, 0.3) is 11.8 Å². The van der Waals surface area contributed by atoms with E-state index in [1.165, 1.54) is 9.13 Å². The molecule has 6 nitrogen and oxygen atoms in total. The molecule has 0 unspecified atom stereocenters. The molecule has 0 spiro atoms. The summed E-state index contributed by atoms with van der Waals surface area (Å²) in [5.41, 5.74) is 5.12. The van der Waals surface area contributed by atoms with Crippen molar-refractivity contribution in [2.45, 2.75) is 39.3 Å². The van der Waals surface area contributed by atoms with Crippen LogP contribution in [0.4, 0.5) is 0 Å². The number of benzene rings is 1. The van der Waals surface area contributed by atoms with Gasteiger partial charge < -0.3 is 14.1 Å². The van der Waals surface area contributed by atoms with Crippen LogP contribution in [0.1, 0.15) is 35.3 Å². The zero-order valence-corrected chi connectivity index (χ0v) is 19.0. The molecule has 0 saturated carbocycles. The first-order valence-corrected chi connectivity index (χ1v) is 10.6. The summed E-state index contributed by atoms with van der Waals surface area (Å²) in [6, 6.07) is 8.27. The number of hydrogen-bond acceptors (Lipinski definition) is 5. The molecule has 0 fully saturated rings. The van der Waals surface area contributed by atoms with Crippen molar-refractivity contribution in [2.75, 3.05) is 0 Å². The first-order chi connectivity index (χ1) is 13.3. The highest BCUT2D eigenvalue weighted by Gasteiger charge is 2.17. The molecule has 3 rings (SSSR count). The normalized spacial score (nSPS) is 11.8. The Bertz CT molecular complexity index is 1070. The average Bonchev–Trinajstić information content (AvgIpc) is 3.21. The minimum Gasteiger partial charge on any atom is -0.477 e. The molecule has 146 valence electrons. The molecule has 3 aromatic rings. The standard InChI is InChI=1S/C20H20IN3O3S/c1-5-18-22-23-20(27-18)28-17(19(25)26)9-14-8-12(3)24(13(14)4)15-7-6-11(2)16(21)10-15/h6-10H,5H2,1-4H3,(H,25,26)/b17-9-. The molecule has 0 saturated heterocycles. The van der Waals surface area contributed by atoms with E-state index in [9.17, 15) is 9.90 Å². The van der Waals surface area contributed by atoms with Gasteiger partial charge in [0, 0.05) is 27.1 Å². The summed E-state index contributed by atoms with van der Waals surface area (Å²) in [4.78, 5) is 11.9. The van der Waals surface area contributed by atoms with Gasteiger partial charge in [-0.3, -0.25) is 0 Å². The minimum absolute atomic E-state index is 0.130. The van der Waals surface area contributed by atoms with Gasteiger partial charge in [0.1, 0.15) is 4.91 Å². The monoisotopic (exact) mass is 509 g/mol. The number of aromatic nitrogens is 3. The smallest absolute Gasteiger partial charge is 0.342 e. The first-order valence-electron chi connectivity index (χ1n) is 8.70. The maximum absolute atomic E-state index is 11.8. The van der Waals surface area contributed by atoms with Crippen LogP contribution in [-0.2, 0) is 11.2 Å². The third-order valence-corrected chi connectivity index (χ3v) is 6.34. The second kappa shape index (κ2) is 8.52. The van der Waals surface area contributed by atoms with Crippen molar-refractivity contribution in [2.24, 2.45) is 0 Å². The number of carbonyl (C=O) groups is 1. The minimum atomic E-state index is -1.03. The molecule has 1 aromatic carbocycles. The van der Waals surface area contributed by atoms with Crippen LogP contribution in [0.5, 0.6) is 0 Å².